The fourth-order valence-corrected chi connectivity index (χ4v) is 2.18. The van der Waals surface area contributed by atoms with Gasteiger partial charge in [-0.1, -0.05) is 0 Å². The van der Waals surface area contributed by atoms with E-state index < -0.39 is 0 Å². The third-order valence-electron chi connectivity index (χ3n) is 3.17. The fraction of sp³-hybridized carbons (Fsp3) is 0.667. The van der Waals surface area contributed by atoms with Gasteiger partial charge in [0.15, 0.2) is 0 Å². The molecule has 0 amide bonds. The molecule has 76 valence electrons. The summed E-state index contributed by atoms with van der Waals surface area (Å²) in [6.45, 7) is 5.14. The summed E-state index contributed by atoms with van der Waals surface area (Å²) < 4.78 is 0. The third kappa shape index (κ3) is 1.19. The van der Waals surface area contributed by atoms with Crippen LogP contribution in [0.4, 0.5) is 0 Å². The maximum absolute atomic E-state index is 5.85. The van der Waals surface area contributed by atoms with Gasteiger partial charge in [0.05, 0.1) is 17.2 Å². The van der Waals surface area contributed by atoms with Crippen LogP contribution >= 0.6 is 12.2 Å². The lowest BCUT2D eigenvalue weighted by Gasteiger charge is -2.28. The standard InChI is InChI=1S/C9H14N4S/c1-9(2)6-5(4-13(9)3)7(10)12-8(14)11-6/h5H,4H2,1-3H3,(H2,10,12,14). The first-order valence-corrected chi connectivity index (χ1v) is 5.02. The van der Waals surface area contributed by atoms with Crippen molar-refractivity contribution in [1.29, 1.82) is 0 Å². The van der Waals surface area contributed by atoms with Crippen LogP contribution in [0.3, 0.4) is 0 Å². The predicted molar refractivity (Wildman–Crippen MR) is 61.9 cm³/mol. The molecular formula is C9H14N4S. The lowest BCUT2D eigenvalue weighted by Crippen LogP contribution is -2.43. The average Bonchev–Trinajstić information content (AvgIpc) is 2.28. The Hall–Kier alpha value is -0.810. The first-order chi connectivity index (χ1) is 6.43. The van der Waals surface area contributed by atoms with Crippen LogP contribution in [-0.2, 0) is 0 Å². The molecule has 1 fully saturated rings. The number of thiocarbonyl (C=S) groups is 1. The second-order valence-corrected chi connectivity index (χ2v) is 4.67. The summed E-state index contributed by atoms with van der Waals surface area (Å²) in [5.74, 6) is 0.763. The molecule has 2 aliphatic heterocycles. The number of amidine groups is 1. The van der Waals surface area contributed by atoms with Crippen molar-refractivity contribution in [2.75, 3.05) is 13.6 Å². The van der Waals surface area contributed by atoms with E-state index in [1.807, 2.05) is 0 Å². The van der Waals surface area contributed by atoms with Crippen molar-refractivity contribution in [1.82, 2.24) is 4.90 Å². The van der Waals surface area contributed by atoms with Gasteiger partial charge >= 0.3 is 0 Å². The third-order valence-corrected chi connectivity index (χ3v) is 3.35. The molecule has 0 bridgehead atoms. The molecule has 0 aromatic heterocycles. The summed E-state index contributed by atoms with van der Waals surface area (Å²) in [4.78, 5) is 10.6. The van der Waals surface area contributed by atoms with Gasteiger partial charge in [0.25, 0.3) is 0 Å². The van der Waals surface area contributed by atoms with E-state index in [4.69, 9.17) is 18.0 Å². The molecule has 1 saturated heterocycles. The zero-order chi connectivity index (χ0) is 10.5. The normalized spacial score (nSPS) is 31.1. The van der Waals surface area contributed by atoms with Crippen LogP contribution in [0.15, 0.2) is 9.98 Å². The van der Waals surface area contributed by atoms with Crippen molar-refractivity contribution in [3.05, 3.63) is 0 Å². The van der Waals surface area contributed by atoms with Crippen LogP contribution in [0.2, 0.25) is 0 Å². The van der Waals surface area contributed by atoms with Crippen LogP contribution < -0.4 is 5.73 Å². The van der Waals surface area contributed by atoms with E-state index in [2.05, 4.69) is 35.8 Å². The largest absolute Gasteiger partial charge is 0.386 e. The van der Waals surface area contributed by atoms with E-state index in [1.54, 1.807) is 0 Å². The molecular weight excluding hydrogens is 196 g/mol. The van der Waals surface area contributed by atoms with Gasteiger partial charge in [-0.2, -0.15) is 0 Å². The molecule has 0 aromatic rings. The van der Waals surface area contributed by atoms with Crippen molar-refractivity contribution in [2.45, 2.75) is 19.4 Å². The molecule has 2 aliphatic rings. The molecule has 0 spiro atoms. The summed E-state index contributed by atoms with van der Waals surface area (Å²) in [5, 5.41) is 0.358. The number of nitrogens with two attached hydrogens (primary N) is 1. The second kappa shape index (κ2) is 2.84. The summed E-state index contributed by atoms with van der Waals surface area (Å²) in [6, 6.07) is 0. The molecule has 0 saturated carbocycles. The van der Waals surface area contributed by atoms with Crippen LogP contribution in [0.5, 0.6) is 0 Å². The molecule has 2 rings (SSSR count). The van der Waals surface area contributed by atoms with Crippen LogP contribution in [0, 0.1) is 5.92 Å². The molecule has 0 aliphatic carbocycles. The molecule has 0 aromatic carbocycles. The molecule has 14 heavy (non-hydrogen) atoms. The van der Waals surface area contributed by atoms with Crippen LogP contribution in [0.1, 0.15) is 13.8 Å². The number of hydrogen-bond acceptors (Lipinski definition) is 3. The van der Waals surface area contributed by atoms with E-state index in [0.29, 0.717) is 10.9 Å². The molecule has 1 unspecified atom stereocenters. The highest BCUT2D eigenvalue weighted by molar-refractivity contribution is 7.80. The van der Waals surface area contributed by atoms with E-state index in [9.17, 15) is 0 Å². The number of hydrogen-bond donors (Lipinski definition) is 1. The smallest absolute Gasteiger partial charge is 0.220 e. The van der Waals surface area contributed by atoms with Gasteiger partial charge in [-0.15, -0.1) is 0 Å². The van der Waals surface area contributed by atoms with Crippen LogP contribution in [0.25, 0.3) is 0 Å². The number of likely N-dealkylation sites (tertiary alicyclic amines) is 1. The highest BCUT2D eigenvalue weighted by Gasteiger charge is 2.45. The monoisotopic (exact) mass is 210 g/mol. The summed E-state index contributed by atoms with van der Waals surface area (Å²) >= 11 is 4.97. The second-order valence-electron chi connectivity index (χ2n) is 4.31. The summed E-state index contributed by atoms with van der Waals surface area (Å²) in [5.41, 5.74) is 6.84. The molecule has 4 nitrogen and oxygen atoms in total. The van der Waals surface area contributed by atoms with Gasteiger partial charge < -0.3 is 5.73 Å². The van der Waals surface area contributed by atoms with E-state index in [1.165, 1.54) is 0 Å². The van der Waals surface area contributed by atoms with Gasteiger partial charge in [-0.25, -0.2) is 9.98 Å². The first-order valence-electron chi connectivity index (χ1n) is 4.61. The molecule has 2 heterocycles. The van der Waals surface area contributed by atoms with Crippen molar-refractivity contribution >= 4 is 28.9 Å². The number of fused-ring (bicyclic) bond motifs is 1. The van der Waals surface area contributed by atoms with E-state index in [-0.39, 0.29) is 11.5 Å². The number of rotatable bonds is 0. The van der Waals surface area contributed by atoms with Gasteiger partial charge in [-0.3, -0.25) is 4.90 Å². The molecule has 5 heteroatoms. The Morgan fingerprint density at radius 1 is 1.50 bits per heavy atom. The Bertz CT molecular complexity index is 356. The SMILES string of the molecule is CN1CC2C(N)=NC(=S)N=C2C1(C)C. The van der Waals surface area contributed by atoms with Crippen molar-refractivity contribution in [3.63, 3.8) is 0 Å². The Morgan fingerprint density at radius 2 is 2.14 bits per heavy atom. The maximum atomic E-state index is 5.85. The topological polar surface area (TPSA) is 54.0 Å². The highest BCUT2D eigenvalue weighted by Crippen LogP contribution is 2.30. The van der Waals surface area contributed by atoms with E-state index >= 15 is 0 Å². The lowest BCUT2D eigenvalue weighted by molar-refractivity contribution is 0.259. The fourth-order valence-electron chi connectivity index (χ4n) is 1.98. The Labute approximate surface area is 88.9 Å². The summed E-state index contributed by atoms with van der Waals surface area (Å²) in [7, 11) is 2.07. The van der Waals surface area contributed by atoms with Crippen LogP contribution in [-0.4, -0.2) is 40.7 Å². The van der Waals surface area contributed by atoms with Gasteiger partial charge in [0.1, 0.15) is 5.84 Å². The van der Waals surface area contributed by atoms with Gasteiger partial charge in [-0.05, 0) is 33.1 Å². The number of aliphatic imine (C=N–C) groups is 2. The van der Waals surface area contributed by atoms with Gasteiger partial charge in [0.2, 0.25) is 5.11 Å². The first kappa shape index (κ1) is 9.73. The maximum Gasteiger partial charge on any atom is 0.220 e. The minimum Gasteiger partial charge on any atom is -0.386 e. The Kier molecular flexibility index (Phi) is 1.97. The van der Waals surface area contributed by atoms with E-state index in [0.717, 1.165) is 12.3 Å². The lowest BCUT2D eigenvalue weighted by atomic mass is 9.92. The molecule has 0 radical (unpaired) electrons. The zero-order valence-electron chi connectivity index (χ0n) is 8.61. The van der Waals surface area contributed by atoms with Crippen molar-refractivity contribution in [2.24, 2.45) is 21.6 Å². The van der Waals surface area contributed by atoms with Crippen molar-refractivity contribution < 1.29 is 0 Å². The molecule has 1 atom stereocenters. The number of nitrogens with zero attached hydrogens (tertiary/aromatic N) is 3. The minimum atomic E-state index is -0.0602. The zero-order valence-corrected chi connectivity index (χ0v) is 9.43. The Balaban J connectivity index is 2.46. The summed E-state index contributed by atoms with van der Waals surface area (Å²) in [6.07, 6.45) is 0. The average molecular weight is 210 g/mol. The quantitative estimate of drug-likeness (QED) is 0.590. The predicted octanol–water partition coefficient (Wildman–Crippen LogP) is 0.423. The highest BCUT2D eigenvalue weighted by atomic mass is 32.1. The Morgan fingerprint density at radius 3 is 2.79 bits per heavy atom. The van der Waals surface area contributed by atoms with Gasteiger partial charge in [0, 0.05) is 6.54 Å². The van der Waals surface area contributed by atoms with Crippen molar-refractivity contribution in [3.8, 4) is 0 Å². The minimum absolute atomic E-state index is 0.0602. The molecule has 2 N–H and O–H groups in total.